The highest BCUT2D eigenvalue weighted by Crippen LogP contribution is 2.28. The van der Waals surface area contributed by atoms with Crippen LogP contribution in [0.2, 0.25) is 0 Å². The standard InChI is InChI=1S/C8H3BrF4O/c9-8(12,13)7(14)6-4(10)2-1-3-5(6)11/h1-3H. The Morgan fingerprint density at radius 1 is 1.21 bits per heavy atom. The van der Waals surface area contributed by atoms with Crippen LogP contribution in [0.15, 0.2) is 18.2 Å². The highest BCUT2D eigenvalue weighted by molar-refractivity contribution is 9.10. The Balaban J connectivity index is 3.26. The molecule has 0 heterocycles. The van der Waals surface area contributed by atoms with Crippen LogP contribution in [-0.2, 0) is 0 Å². The Labute approximate surface area is 84.9 Å². The van der Waals surface area contributed by atoms with E-state index in [0.29, 0.717) is 0 Å². The van der Waals surface area contributed by atoms with Gasteiger partial charge >= 0.3 is 4.83 Å². The van der Waals surface area contributed by atoms with Crippen LogP contribution in [0.1, 0.15) is 10.4 Å². The quantitative estimate of drug-likeness (QED) is 0.459. The second kappa shape index (κ2) is 3.68. The largest absolute Gasteiger partial charge is 0.363 e. The summed E-state index contributed by atoms with van der Waals surface area (Å²) in [5.74, 6) is -4.56. The maximum absolute atomic E-state index is 12.8. The summed E-state index contributed by atoms with van der Waals surface area (Å²) in [7, 11) is 0. The lowest BCUT2D eigenvalue weighted by molar-refractivity contribution is 0.0583. The number of halogens is 5. The zero-order valence-electron chi connectivity index (χ0n) is 6.53. The molecule has 0 aliphatic carbocycles. The van der Waals surface area contributed by atoms with Crippen molar-refractivity contribution in [3.8, 4) is 0 Å². The summed E-state index contributed by atoms with van der Waals surface area (Å²) in [6, 6.07) is 2.44. The molecule has 0 aliphatic heterocycles. The van der Waals surface area contributed by atoms with Gasteiger partial charge in [-0.2, -0.15) is 8.78 Å². The topological polar surface area (TPSA) is 17.1 Å². The van der Waals surface area contributed by atoms with E-state index >= 15 is 0 Å². The van der Waals surface area contributed by atoms with Crippen molar-refractivity contribution in [2.24, 2.45) is 0 Å². The molecule has 0 N–H and O–H groups in total. The van der Waals surface area contributed by atoms with Gasteiger partial charge in [-0.25, -0.2) is 8.78 Å². The van der Waals surface area contributed by atoms with Crippen LogP contribution in [-0.4, -0.2) is 10.6 Å². The molecule has 1 nitrogen and oxygen atoms in total. The van der Waals surface area contributed by atoms with E-state index in [4.69, 9.17) is 0 Å². The predicted octanol–water partition coefficient (Wildman–Crippen LogP) is 3.14. The van der Waals surface area contributed by atoms with E-state index in [0.717, 1.165) is 18.2 Å². The Morgan fingerprint density at radius 3 is 2.00 bits per heavy atom. The van der Waals surface area contributed by atoms with Crippen LogP contribution in [0.25, 0.3) is 0 Å². The lowest BCUT2D eigenvalue weighted by Crippen LogP contribution is -2.23. The van der Waals surface area contributed by atoms with Gasteiger partial charge in [0.1, 0.15) is 11.6 Å². The summed E-state index contributed by atoms with van der Waals surface area (Å²) in [5, 5.41) is 0. The fraction of sp³-hybridized carbons (Fsp3) is 0.125. The van der Waals surface area contributed by atoms with E-state index in [1.54, 1.807) is 15.9 Å². The molecule has 0 bridgehead atoms. The molecular formula is C8H3BrF4O. The summed E-state index contributed by atoms with van der Waals surface area (Å²) in [4.78, 5) is 6.87. The first kappa shape index (κ1) is 11.2. The van der Waals surface area contributed by atoms with E-state index in [9.17, 15) is 22.4 Å². The number of carbonyl (C=O) groups is 1. The van der Waals surface area contributed by atoms with Crippen LogP contribution >= 0.6 is 15.9 Å². The summed E-state index contributed by atoms with van der Waals surface area (Å²) < 4.78 is 50.4. The first-order valence-electron chi connectivity index (χ1n) is 3.39. The van der Waals surface area contributed by atoms with Crippen molar-refractivity contribution in [3.05, 3.63) is 35.4 Å². The minimum Gasteiger partial charge on any atom is -0.286 e. The molecule has 6 heteroatoms. The molecule has 0 aliphatic rings. The molecule has 1 rings (SSSR count). The summed E-state index contributed by atoms with van der Waals surface area (Å²) in [6.45, 7) is 0. The lowest BCUT2D eigenvalue weighted by Gasteiger charge is -2.08. The highest BCUT2D eigenvalue weighted by Gasteiger charge is 2.39. The van der Waals surface area contributed by atoms with Crippen molar-refractivity contribution < 1.29 is 22.4 Å². The van der Waals surface area contributed by atoms with Crippen molar-refractivity contribution in [2.75, 3.05) is 0 Å². The van der Waals surface area contributed by atoms with E-state index in [1.165, 1.54) is 0 Å². The summed E-state index contributed by atoms with van der Waals surface area (Å²) in [6.07, 6.45) is 0. The van der Waals surface area contributed by atoms with Crippen LogP contribution in [0.3, 0.4) is 0 Å². The normalized spacial score (nSPS) is 11.5. The number of ketones is 1. The van der Waals surface area contributed by atoms with Gasteiger partial charge in [0, 0.05) is 0 Å². The van der Waals surface area contributed by atoms with Crippen molar-refractivity contribution in [1.29, 1.82) is 0 Å². The number of alkyl halides is 3. The molecule has 1 aromatic carbocycles. The van der Waals surface area contributed by atoms with Gasteiger partial charge in [0.15, 0.2) is 0 Å². The third-order valence-electron chi connectivity index (χ3n) is 1.45. The number of benzene rings is 1. The Morgan fingerprint density at radius 2 is 1.64 bits per heavy atom. The van der Waals surface area contributed by atoms with Crippen LogP contribution in [0.5, 0.6) is 0 Å². The zero-order valence-corrected chi connectivity index (χ0v) is 8.12. The number of hydrogen-bond donors (Lipinski definition) is 0. The Kier molecular flexibility index (Phi) is 2.94. The fourth-order valence-corrected chi connectivity index (χ4v) is 1.05. The molecule has 0 spiro atoms. The number of Topliss-reactive ketones (excluding diaryl/α,β-unsaturated/α-hetero) is 1. The predicted molar refractivity (Wildman–Crippen MR) is 44.6 cm³/mol. The Bertz CT molecular complexity index is 352. The molecule has 0 amide bonds. The third kappa shape index (κ3) is 2.12. The molecule has 0 aromatic heterocycles. The van der Waals surface area contributed by atoms with Crippen molar-refractivity contribution >= 4 is 21.7 Å². The SMILES string of the molecule is O=C(c1c(F)cccc1F)C(F)(F)Br. The molecular weight excluding hydrogens is 268 g/mol. The smallest absolute Gasteiger partial charge is 0.286 e. The zero-order chi connectivity index (χ0) is 10.9. The molecule has 0 radical (unpaired) electrons. The minimum absolute atomic E-state index is 0.731. The van der Waals surface area contributed by atoms with Gasteiger partial charge in [0.05, 0.1) is 5.56 Å². The van der Waals surface area contributed by atoms with E-state index in [2.05, 4.69) is 0 Å². The molecule has 0 saturated carbocycles. The van der Waals surface area contributed by atoms with Crippen LogP contribution < -0.4 is 0 Å². The van der Waals surface area contributed by atoms with E-state index < -0.39 is 27.8 Å². The first-order chi connectivity index (χ1) is 6.34. The van der Waals surface area contributed by atoms with Gasteiger partial charge in [-0.15, -0.1) is 0 Å². The molecule has 0 unspecified atom stereocenters. The molecule has 14 heavy (non-hydrogen) atoms. The summed E-state index contributed by atoms with van der Waals surface area (Å²) >= 11 is 1.73. The minimum atomic E-state index is -3.96. The van der Waals surface area contributed by atoms with Crippen molar-refractivity contribution in [1.82, 2.24) is 0 Å². The first-order valence-corrected chi connectivity index (χ1v) is 4.19. The molecule has 1 aromatic rings. The van der Waals surface area contributed by atoms with Gasteiger partial charge in [-0.1, -0.05) is 6.07 Å². The summed E-state index contributed by atoms with van der Waals surface area (Å²) in [5.41, 5.74) is -1.24. The van der Waals surface area contributed by atoms with Crippen LogP contribution in [0, 0.1) is 11.6 Å². The second-order valence-electron chi connectivity index (χ2n) is 2.42. The van der Waals surface area contributed by atoms with E-state index in [-0.39, 0.29) is 0 Å². The van der Waals surface area contributed by atoms with Crippen molar-refractivity contribution in [2.45, 2.75) is 4.83 Å². The lowest BCUT2D eigenvalue weighted by atomic mass is 10.1. The van der Waals surface area contributed by atoms with Gasteiger partial charge < -0.3 is 0 Å². The molecule has 0 saturated heterocycles. The number of hydrogen-bond acceptors (Lipinski definition) is 1. The van der Waals surface area contributed by atoms with Gasteiger partial charge in [0.2, 0.25) is 5.78 Å². The molecule has 0 atom stereocenters. The van der Waals surface area contributed by atoms with Gasteiger partial charge in [0.25, 0.3) is 0 Å². The Hall–Kier alpha value is -0.910. The van der Waals surface area contributed by atoms with Gasteiger partial charge in [-0.05, 0) is 28.1 Å². The fourth-order valence-electron chi connectivity index (χ4n) is 0.856. The third-order valence-corrected chi connectivity index (χ3v) is 1.81. The molecule has 76 valence electrons. The average Bonchev–Trinajstić information content (AvgIpc) is 2.01. The maximum atomic E-state index is 12.8. The second-order valence-corrected chi connectivity index (χ2v) is 3.42. The molecule has 0 fully saturated rings. The highest BCUT2D eigenvalue weighted by atomic mass is 79.9. The number of carbonyl (C=O) groups excluding carboxylic acids is 1. The van der Waals surface area contributed by atoms with Gasteiger partial charge in [-0.3, -0.25) is 4.79 Å². The van der Waals surface area contributed by atoms with Crippen molar-refractivity contribution in [3.63, 3.8) is 0 Å². The average molecular weight is 271 g/mol. The number of rotatable bonds is 2. The maximum Gasteiger partial charge on any atom is 0.363 e. The van der Waals surface area contributed by atoms with E-state index in [1.807, 2.05) is 0 Å². The monoisotopic (exact) mass is 270 g/mol. The van der Waals surface area contributed by atoms with Crippen LogP contribution in [0.4, 0.5) is 17.6 Å².